The Balaban J connectivity index is 2.16. The van der Waals surface area contributed by atoms with Crippen LogP contribution in [0.5, 0.6) is 11.6 Å². The smallest absolute Gasteiger partial charge is 0.219 e. The maximum absolute atomic E-state index is 12.9. The minimum Gasteiger partial charge on any atom is -0.439 e. The molecule has 0 bridgehead atoms. The van der Waals surface area contributed by atoms with Crippen molar-refractivity contribution in [1.82, 2.24) is 4.98 Å². The van der Waals surface area contributed by atoms with Crippen LogP contribution in [0.2, 0.25) is 5.02 Å². The summed E-state index contributed by atoms with van der Waals surface area (Å²) in [6, 6.07) is 7.62. The molecule has 5 heteroatoms. The number of alkyl halides is 1. The molecule has 0 radical (unpaired) electrons. The number of pyridine rings is 1. The molecular weight excluding hydrogens is 264 g/mol. The van der Waals surface area contributed by atoms with E-state index >= 15 is 0 Å². The lowest BCUT2D eigenvalue weighted by Gasteiger charge is -2.05. The second kappa shape index (κ2) is 5.34. The van der Waals surface area contributed by atoms with Crippen molar-refractivity contribution in [3.8, 4) is 11.6 Å². The van der Waals surface area contributed by atoms with Crippen LogP contribution in [-0.2, 0) is 5.88 Å². The predicted molar refractivity (Wildman–Crippen MR) is 65.3 cm³/mol. The van der Waals surface area contributed by atoms with Crippen LogP contribution in [0.25, 0.3) is 0 Å². The third kappa shape index (κ3) is 3.08. The summed E-state index contributed by atoms with van der Waals surface area (Å²) in [6.45, 7) is 0. The number of aromatic nitrogens is 1. The largest absolute Gasteiger partial charge is 0.439 e. The van der Waals surface area contributed by atoms with Gasteiger partial charge in [0.15, 0.2) is 0 Å². The van der Waals surface area contributed by atoms with Gasteiger partial charge in [-0.15, -0.1) is 11.6 Å². The number of ether oxygens (including phenoxy) is 1. The Kier molecular flexibility index (Phi) is 3.82. The average molecular weight is 272 g/mol. The van der Waals surface area contributed by atoms with Crippen LogP contribution in [0, 0.1) is 5.82 Å². The zero-order valence-electron chi connectivity index (χ0n) is 8.66. The molecule has 2 nitrogen and oxygen atoms in total. The second-order valence-electron chi connectivity index (χ2n) is 3.32. The van der Waals surface area contributed by atoms with Crippen molar-refractivity contribution in [2.45, 2.75) is 5.88 Å². The van der Waals surface area contributed by atoms with Crippen LogP contribution < -0.4 is 4.74 Å². The highest BCUT2D eigenvalue weighted by atomic mass is 35.5. The van der Waals surface area contributed by atoms with Gasteiger partial charge >= 0.3 is 0 Å². The van der Waals surface area contributed by atoms with Gasteiger partial charge in [0.2, 0.25) is 5.88 Å². The molecule has 0 aliphatic rings. The van der Waals surface area contributed by atoms with Gasteiger partial charge in [0.25, 0.3) is 0 Å². The molecule has 2 rings (SSSR count). The Bertz CT molecular complexity index is 516. The van der Waals surface area contributed by atoms with Crippen LogP contribution in [-0.4, -0.2) is 4.98 Å². The Morgan fingerprint density at radius 1 is 1.24 bits per heavy atom. The second-order valence-corrected chi connectivity index (χ2v) is 3.99. The topological polar surface area (TPSA) is 22.1 Å². The van der Waals surface area contributed by atoms with E-state index in [9.17, 15) is 4.39 Å². The SMILES string of the molecule is Fc1ccc(Oc2ccc(CCl)cn2)cc1Cl. The lowest BCUT2D eigenvalue weighted by Crippen LogP contribution is -1.89. The summed E-state index contributed by atoms with van der Waals surface area (Å²) in [5.41, 5.74) is 0.899. The molecule has 0 aliphatic heterocycles. The molecule has 1 aromatic heterocycles. The van der Waals surface area contributed by atoms with Crippen molar-refractivity contribution in [2.75, 3.05) is 0 Å². The standard InChI is InChI=1S/C12H8Cl2FNO/c13-6-8-1-4-12(16-7-8)17-9-2-3-11(15)10(14)5-9/h1-5,7H,6H2. The lowest BCUT2D eigenvalue weighted by atomic mass is 10.3. The maximum Gasteiger partial charge on any atom is 0.219 e. The highest BCUT2D eigenvalue weighted by Crippen LogP contribution is 2.25. The van der Waals surface area contributed by atoms with Crippen molar-refractivity contribution in [1.29, 1.82) is 0 Å². The summed E-state index contributed by atoms with van der Waals surface area (Å²) in [5, 5.41) is 0.0138. The summed E-state index contributed by atoms with van der Waals surface area (Å²) < 4.78 is 18.3. The van der Waals surface area contributed by atoms with E-state index in [0.29, 0.717) is 17.5 Å². The van der Waals surface area contributed by atoms with Crippen molar-refractivity contribution in [2.24, 2.45) is 0 Å². The highest BCUT2D eigenvalue weighted by molar-refractivity contribution is 6.30. The van der Waals surface area contributed by atoms with Crippen molar-refractivity contribution in [3.05, 3.63) is 52.9 Å². The van der Waals surface area contributed by atoms with E-state index in [1.54, 1.807) is 18.3 Å². The van der Waals surface area contributed by atoms with Gasteiger partial charge in [0.1, 0.15) is 11.6 Å². The molecule has 0 amide bonds. The van der Waals surface area contributed by atoms with Crippen molar-refractivity contribution >= 4 is 23.2 Å². The molecule has 0 saturated carbocycles. The first-order chi connectivity index (χ1) is 8.19. The Morgan fingerprint density at radius 3 is 2.65 bits per heavy atom. The molecule has 1 aromatic carbocycles. The molecule has 17 heavy (non-hydrogen) atoms. The number of hydrogen-bond donors (Lipinski definition) is 0. The molecule has 0 aliphatic carbocycles. The molecule has 2 aromatic rings. The fourth-order valence-corrected chi connectivity index (χ4v) is 1.54. The first-order valence-corrected chi connectivity index (χ1v) is 5.74. The van der Waals surface area contributed by atoms with Crippen LogP contribution in [0.15, 0.2) is 36.5 Å². The van der Waals surface area contributed by atoms with E-state index < -0.39 is 5.82 Å². The van der Waals surface area contributed by atoms with E-state index in [-0.39, 0.29) is 5.02 Å². The number of nitrogens with zero attached hydrogens (tertiary/aromatic N) is 1. The zero-order valence-corrected chi connectivity index (χ0v) is 10.2. The molecular formula is C12H8Cl2FNO. The van der Waals surface area contributed by atoms with Crippen molar-refractivity contribution < 1.29 is 9.13 Å². The lowest BCUT2D eigenvalue weighted by molar-refractivity contribution is 0.461. The summed E-state index contributed by atoms with van der Waals surface area (Å²) in [6.07, 6.45) is 1.62. The predicted octanol–water partition coefficient (Wildman–Crippen LogP) is 4.41. The molecule has 1 heterocycles. The van der Waals surface area contributed by atoms with Gasteiger partial charge in [-0.3, -0.25) is 0 Å². The first kappa shape index (κ1) is 12.1. The Morgan fingerprint density at radius 2 is 2.06 bits per heavy atom. The summed E-state index contributed by atoms with van der Waals surface area (Å²) in [5.74, 6) is 0.754. The minimum atomic E-state index is -0.482. The van der Waals surface area contributed by atoms with Gasteiger partial charge in [-0.1, -0.05) is 17.7 Å². The average Bonchev–Trinajstić information content (AvgIpc) is 2.35. The van der Waals surface area contributed by atoms with Crippen LogP contribution in [0.1, 0.15) is 5.56 Å². The molecule has 0 atom stereocenters. The minimum absolute atomic E-state index is 0.0138. The van der Waals surface area contributed by atoms with E-state index in [2.05, 4.69) is 4.98 Å². The molecule has 0 spiro atoms. The van der Waals surface area contributed by atoms with Gasteiger partial charge in [-0.2, -0.15) is 0 Å². The van der Waals surface area contributed by atoms with Crippen molar-refractivity contribution in [3.63, 3.8) is 0 Å². The molecule has 0 N–H and O–H groups in total. The third-order valence-corrected chi connectivity index (χ3v) is 2.66. The van der Waals surface area contributed by atoms with Crippen LogP contribution >= 0.6 is 23.2 Å². The zero-order chi connectivity index (χ0) is 12.3. The van der Waals surface area contributed by atoms with Crippen LogP contribution in [0.4, 0.5) is 4.39 Å². The van der Waals surface area contributed by atoms with Gasteiger partial charge in [0.05, 0.1) is 5.02 Å². The molecule has 88 valence electrons. The Labute approximate surface area is 108 Å². The monoisotopic (exact) mass is 271 g/mol. The quantitative estimate of drug-likeness (QED) is 0.772. The van der Waals surface area contributed by atoms with E-state index in [1.165, 1.54) is 18.2 Å². The normalized spacial score (nSPS) is 10.3. The van der Waals surface area contributed by atoms with E-state index in [1.807, 2.05) is 0 Å². The fourth-order valence-electron chi connectivity index (χ4n) is 1.21. The van der Waals surface area contributed by atoms with E-state index in [4.69, 9.17) is 27.9 Å². The third-order valence-electron chi connectivity index (χ3n) is 2.07. The van der Waals surface area contributed by atoms with Crippen LogP contribution in [0.3, 0.4) is 0 Å². The summed E-state index contributed by atoms with van der Waals surface area (Å²) >= 11 is 11.3. The molecule has 0 unspecified atom stereocenters. The number of hydrogen-bond acceptors (Lipinski definition) is 2. The Hall–Kier alpha value is -1.32. The van der Waals surface area contributed by atoms with Gasteiger partial charge in [-0.25, -0.2) is 9.37 Å². The summed E-state index contributed by atoms with van der Waals surface area (Å²) in [4.78, 5) is 4.05. The number of rotatable bonds is 3. The van der Waals surface area contributed by atoms with Gasteiger partial charge < -0.3 is 4.74 Å². The molecule has 0 saturated heterocycles. The fraction of sp³-hybridized carbons (Fsp3) is 0.0833. The summed E-state index contributed by atoms with van der Waals surface area (Å²) in [7, 11) is 0. The first-order valence-electron chi connectivity index (χ1n) is 4.83. The highest BCUT2D eigenvalue weighted by Gasteiger charge is 2.03. The van der Waals surface area contributed by atoms with E-state index in [0.717, 1.165) is 5.56 Å². The maximum atomic E-state index is 12.9. The molecule has 0 fully saturated rings. The van der Waals surface area contributed by atoms with Gasteiger partial charge in [0, 0.05) is 24.2 Å². The number of benzene rings is 1. The number of halogens is 3. The van der Waals surface area contributed by atoms with Gasteiger partial charge in [-0.05, 0) is 17.7 Å².